The van der Waals surface area contributed by atoms with Crippen molar-refractivity contribution < 1.29 is 28.7 Å². The maximum absolute atomic E-state index is 12.5. The second-order valence-electron chi connectivity index (χ2n) is 7.20. The van der Waals surface area contributed by atoms with Crippen molar-refractivity contribution in [3.05, 3.63) is 35.9 Å². The largest absolute Gasteiger partial charge is 0.451 e. The number of hydrazine groups is 1. The molecule has 0 radical (unpaired) electrons. The molecule has 1 aliphatic rings. The Bertz CT molecular complexity index is 828. The summed E-state index contributed by atoms with van der Waals surface area (Å²) in [5, 5.41) is 2.60. The number of ether oxygens (including phenoxy) is 1. The quantitative estimate of drug-likeness (QED) is 0.326. The first-order valence-corrected chi connectivity index (χ1v) is 9.66. The van der Waals surface area contributed by atoms with Crippen LogP contribution in [0.4, 0.5) is 4.79 Å². The van der Waals surface area contributed by atoms with Crippen LogP contribution in [-0.4, -0.2) is 52.8 Å². The van der Waals surface area contributed by atoms with E-state index < -0.39 is 47.9 Å². The highest BCUT2D eigenvalue weighted by atomic mass is 16.5. The Hall–Kier alpha value is -3.43. The summed E-state index contributed by atoms with van der Waals surface area (Å²) in [5.74, 6) is -2.73. The molecule has 0 aliphatic carbocycles. The Kier molecular flexibility index (Phi) is 7.51. The summed E-state index contributed by atoms with van der Waals surface area (Å²) in [4.78, 5) is 61.5. The molecule has 0 saturated carbocycles. The van der Waals surface area contributed by atoms with Gasteiger partial charge in [0.2, 0.25) is 0 Å². The lowest BCUT2D eigenvalue weighted by atomic mass is 9.95. The minimum absolute atomic E-state index is 0.340. The predicted octanol–water partition coefficient (Wildman–Crippen LogP) is 0.880. The predicted molar refractivity (Wildman–Crippen MR) is 106 cm³/mol. The van der Waals surface area contributed by atoms with Crippen LogP contribution in [0.15, 0.2) is 30.3 Å². The second-order valence-corrected chi connectivity index (χ2v) is 7.20. The van der Waals surface area contributed by atoms with Crippen LogP contribution in [0.25, 0.3) is 0 Å². The highest BCUT2D eigenvalue weighted by molar-refractivity contribution is 6.08. The van der Waals surface area contributed by atoms with Gasteiger partial charge in [-0.15, -0.1) is 0 Å². The number of rotatable bonds is 8. The molecule has 1 heterocycles. The number of hydrogen-bond donors (Lipinski definition) is 3. The molecule has 10 heteroatoms. The number of amides is 5. The number of benzene rings is 1. The van der Waals surface area contributed by atoms with E-state index in [4.69, 9.17) is 4.74 Å². The minimum atomic E-state index is -1.25. The molecule has 1 aromatic carbocycles. The number of imide groups is 1. The zero-order valence-corrected chi connectivity index (χ0v) is 17.2. The van der Waals surface area contributed by atoms with E-state index in [0.717, 1.165) is 17.7 Å². The first-order chi connectivity index (χ1) is 14.2. The Balaban J connectivity index is 1.83. The first kappa shape index (κ1) is 22.9. The SMILES string of the molecule is CCCC[C@]1(C)NC(=O)N(CC(=O)O[C@H](C)C(=O)NNC(=O)c2ccccc2)C1=O. The van der Waals surface area contributed by atoms with E-state index >= 15 is 0 Å². The third-order valence-corrected chi connectivity index (χ3v) is 4.68. The number of esters is 1. The number of hydrogen-bond acceptors (Lipinski definition) is 6. The van der Waals surface area contributed by atoms with Crippen LogP contribution >= 0.6 is 0 Å². The fraction of sp³-hybridized carbons (Fsp3) is 0.450. The Morgan fingerprint density at radius 1 is 1.17 bits per heavy atom. The number of unbranched alkanes of at least 4 members (excludes halogenated alkanes) is 1. The lowest BCUT2D eigenvalue weighted by molar-refractivity contribution is -0.156. The third-order valence-electron chi connectivity index (χ3n) is 4.68. The van der Waals surface area contributed by atoms with E-state index in [-0.39, 0.29) is 0 Å². The average Bonchev–Trinajstić information content (AvgIpc) is 2.94. The van der Waals surface area contributed by atoms with Crippen molar-refractivity contribution in [1.82, 2.24) is 21.1 Å². The summed E-state index contributed by atoms with van der Waals surface area (Å²) in [6.45, 7) is 4.27. The third kappa shape index (κ3) is 5.56. The van der Waals surface area contributed by atoms with Gasteiger partial charge in [-0.3, -0.25) is 34.9 Å². The van der Waals surface area contributed by atoms with Crippen molar-refractivity contribution in [2.75, 3.05) is 6.54 Å². The van der Waals surface area contributed by atoms with Crippen molar-refractivity contribution in [3.8, 4) is 0 Å². The highest BCUT2D eigenvalue weighted by Gasteiger charge is 2.48. The number of carbonyl (C=O) groups excluding carboxylic acids is 5. The molecular formula is C20H26N4O6. The number of nitrogens with zero attached hydrogens (tertiary/aromatic N) is 1. The molecule has 10 nitrogen and oxygen atoms in total. The fourth-order valence-electron chi connectivity index (χ4n) is 2.89. The Labute approximate surface area is 174 Å². The highest BCUT2D eigenvalue weighted by Crippen LogP contribution is 2.23. The lowest BCUT2D eigenvalue weighted by Crippen LogP contribution is -2.47. The van der Waals surface area contributed by atoms with E-state index in [0.29, 0.717) is 12.0 Å². The van der Waals surface area contributed by atoms with Gasteiger partial charge in [0, 0.05) is 5.56 Å². The van der Waals surface area contributed by atoms with Crippen LogP contribution in [0.2, 0.25) is 0 Å². The molecule has 1 saturated heterocycles. The van der Waals surface area contributed by atoms with Gasteiger partial charge >= 0.3 is 12.0 Å². The molecule has 0 spiro atoms. The molecule has 162 valence electrons. The molecule has 3 N–H and O–H groups in total. The minimum Gasteiger partial charge on any atom is -0.451 e. The lowest BCUT2D eigenvalue weighted by Gasteiger charge is -2.21. The van der Waals surface area contributed by atoms with Crippen LogP contribution < -0.4 is 16.2 Å². The number of nitrogens with one attached hydrogen (secondary N) is 3. The number of urea groups is 1. The van der Waals surface area contributed by atoms with Gasteiger partial charge in [0.05, 0.1) is 0 Å². The van der Waals surface area contributed by atoms with E-state index in [2.05, 4.69) is 16.2 Å². The van der Waals surface area contributed by atoms with E-state index in [1.807, 2.05) is 6.92 Å². The maximum atomic E-state index is 12.5. The van der Waals surface area contributed by atoms with Gasteiger partial charge in [-0.05, 0) is 32.4 Å². The molecule has 30 heavy (non-hydrogen) atoms. The van der Waals surface area contributed by atoms with Crippen LogP contribution in [0.1, 0.15) is 50.4 Å². The molecular weight excluding hydrogens is 392 g/mol. The van der Waals surface area contributed by atoms with Crippen molar-refractivity contribution in [2.24, 2.45) is 0 Å². The van der Waals surface area contributed by atoms with Crippen molar-refractivity contribution in [2.45, 2.75) is 51.7 Å². The summed E-state index contributed by atoms with van der Waals surface area (Å²) in [7, 11) is 0. The van der Waals surface area contributed by atoms with Crippen LogP contribution in [0, 0.1) is 0 Å². The smallest absolute Gasteiger partial charge is 0.327 e. The molecule has 1 aliphatic heterocycles. The summed E-state index contributed by atoms with van der Waals surface area (Å²) >= 11 is 0. The monoisotopic (exact) mass is 418 g/mol. The summed E-state index contributed by atoms with van der Waals surface area (Å²) in [5.41, 5.74) is 3.65. The van der Waals surface area contributed by atoms with Gasteiger partial charge in [-0.1, -0.05) is 38.0 Å². The van der Waals surface area contributed by atoms with Crippen molar-refractivity contribution in [1.29, 1.82) is 0 Å². The molecule has 1 fully saturated rings. The van der Waals surface area contributed by atoms with Crippen molar-refractivity contribution in [3.63, 3.8) is 0 Å². The van der Waals surface area contributed by atoms with Crippen LogP contribution in [0.3, 0.4) is 0 Å². The summed E-state index contributed by atoms with van der Waals surface area (Å²) in [6.07, 6.45) is 0.807. The molecule has 0 aromatic heterocycles. The van der Waals surface area contributed by atoms with Gasteiger partial charge in [0.15, 0.2) is 6.10 Å². The molecule has 0 unspecified atom stereocenters. The Morgan fingerprint density at radius 2 is 1.83 bits per heavy atom. The standard InChI is InChI=1S/C20H26N4O6/c1-4-5-11-20(3)18(28)24(19(29)21-20)12-15(25)30-13(2)16(26)22-23-17(27)14-9-7-6-8-10-14/h6-10,13H,4-5,11-12H2,1-3H3,(H,21,29)(H,22,26)(H,23,27)/t13-,20+/m1/s1. The van der Waals surface area contributed by atoms with Gasteiger partial charge in [0.25, 0.3) is 17.7 Å². The van der Waals surface area contributed by atoms with Gasteiger partial charge in [0.1, 0.15) is 12.1 Å². The molecule has 2 rings (SSSR count). The average molecular weight is 418 g/mol. The zero-order valence-electron chi connectivity index (χ0n) is 17.2. The molecule has 2 atom stereocenters. The van der Waals surface area contributed by atoms with Crippen molar-refractivity contribution >= 4 is 29.7 Å². The second kappa shape index (κ2) is 9.86. The van der Waals surface area contributed by atoms with E-state index in [9.17, 15) is 24.0 Å². The molecule has 5 amide bonds. The maximum Gasteiger partial charge on any atom is 0.327 e. The first-order valence-electron chi connectivity index (χ1n) is 9.66. The normalized spacial score (nSPS) is 19.1. The van der Waals surface area contributed by atoms with E-state index in [1.165, 1.54) is 6.92 Å². The summed E-state index contributed by atoms with van der Waals surface area (Å²) < 4.78 is 4.98. The van der Waals surface area contributed by atoms with E-state index in [1.54, 1.807) is 37.3 Å². The topological polar surface area (TPSA) is 134 Å². The zero-order chi connectivity index (χ0) is 22.3. The summed E-state index contributed by atoms with van der Waals surface area (Å²) in [6, 6.07) is 7.54. The van der Waals surface area contributed by atoms with Crippen LogP contribution in [0.5, 0.6) is 0 Å². The fourth-order valence-corrected chi connectivity index (χ4v) is 2.89. The number of carbonyl (C=O) groups is 5. The molecule has 1 aromatic rings. The Morgan fingerprint density at radius 3 is 2.47 bits per heavy atom. The molecule has 0 bridgehead atoms. The van der Waals surface area contributed by atoms with Gasteiger partial charge in [-0.25, -0.2) is 4.79 Å². The van der Waals surface area contributed by atoms with Gasteiger partial charge < -0.3 is 10.1 Å². The van der Waals surface area contributed by atoms with Crippen LogP contribution in [-0.2, 0) is 19.1 Å². The van der Waals surface area contributed by atoms with Gasteiger partial charge in [-0.2, -0.15) is 0 Å².